The zero-order chi connectivity index (χ0) is 20.4. The molecule has 6 heteroatoms. The van der Waals surface area contributed by atoms with Crippen LogP contribution < -0.4 is 10.3 Å². The van der Waals surface area contributed by atoms with E-state index in [0.29, 0.717) is 16.0 Å². The second kappa shape index (κ2) is 8.01. The van der Waals surface area contributed by atoms with Gasteiger partial charge in [-0.2, -0.15) is 0 Å². The van der Waals surface area contributed by atoms with Gasteiger partial charge in [0.05, 0.1) is 18.1 Å². The van der Waals surface area contributed by atoms with E-state index < -0.39 is 0 Å². The van der Waals surface area contributed by atoms with Gasteiger partial charge in [0.1, 0.15) is 10.6 Å². The van der Waals surface area contributed by atoms with E-state index in [1.54, 1.807) is 12.1 Å². The number of esters is 1. The van der Waals surface area contributed by atoms with Gasteiger partial charge in [-0.3, -0.25) is 14.2 Å². The zero-order valence-electron chi connectivity index (χ0n) is 16.2. The standard InChI is InChI=1S/C23H20N2O3S/c1-15-6-8-17(9-7-15)19-13-29-22-21(19)23(27)25(14-24-22)11-10-20(26)28-18-5-3-4-16(2)12-18/h3-9,12-14H,10-11H2,1-2H3. The fourth-order valence-electron chi connectivity index (χ4n) is 3.15. The van der Waals surface area contributed by atoms with E-state index in [2.05, 4.69) is 4.98 Å². The molecule has 0 fully saturated rings. The summed E-state index contributed by atoms with van der Waals surface area (Å²) in [5, 5.41) is 2.55. The molecule has 0 atom stereocenters. The molecule has 2 aromatic carbocycles. The van der Waals surface area contributed by atoms with Crippen LogP contribution in [0.2, 0.25) is 0 Å². The monoisotopic (exact) mass is 404 g/mol. The number of thiophene rings is 1. The highest BCUT2D eigenvalue weighted by molar-refractivity contribution is 7.17. The minimum atomic E-state index is -0.383. The number of nitrogens with zero attached hydrogens (tertiary/aromatic N) is 2. The zero-order valence-corrected chi connectivity index (χ0v) is 17.0. The van der Waals surface area contributed by atoms with Crippen molar-refractivity contribution in [2.24, 2.45) is 0 Å². The number of rotatable bonds is 5. The van der Waals surface area contributed by atoms with Crippen molar-refractivity contribution in [1.82, 2.24) is 9.55 Å². The summed E-state index contributed by atoms with van der Waals surface area (Å²) in [7, 11) is 0. The number of carbonyl (C=O) groups is 1. The molecular formula is C23H20N2O3S. The Bertz CT molecular complexity index is 1240. The van der Waals surface area contributed by atoms with Gasteiger partial charge >= 0.3 is 5.97 Å². The van der Waals surface area contributed by atoms with E-state index in [-0.39, 0.29) is 24.5 Å². The molecular weight excluding hydrogens is 384 g/mol. The van der Waals surface area contributed by atoms with Crippen molar-refractivity contribution < 1.29 is 9.53 Å². The lowest BCUT2D eigenvalue weighted by molar-refractivity contribution is -0.134. The third-order valence-corrected chi connectivity index (χ3v) is 5.59. The minimum absolute atomic E-state index is 0.0883. The Morgan fingerprint density at radius 1 is 1.10 bits per heavy atom. The molecule has 0 N–H and O–H groups in total. The largest absolute Gasteiger partial charge is 0.426 e. The van der Waals surface area contributed by atoms with Crippen LogP contribution in [-0.4, -0.2) is 15.5 Å². The molecule has 0 spiro atoms. The number of hydrogen-bond acceptors (Lipinski definition) is 5. The summed E-state index contributed by atoms with van der Waals surface area (Å²) in [5.41, 5.74) is 3.89. The fourth-order valence-corrected chi connectivity index (χ4v) is 4.05. The molecule has 2 heterocycles. The van der Waals surface area contributed by atoms with Crippen molar-refractivity contribution in [2.45, 2.75) is 26.8 Å². The topological polar surface area (TPSA) is 61.2 Å². The van der Waals surface area contributed by atoms with E-state index in [9.17, 15) is 9.59 Å². The Balaban J connectivity index is 1.56. The highest BCUT2D eigenvalue weighted by Crippen LogP contribution is 2.30. The molecule has 0 aliphatic heterocycles. The molecule has 0 radical (unpaired) electrons. The van der Waals surface area contributed by atoms with Gasteiger partial charge in [0.15, 0.2) is 0 Å². The summed E-state index contributed by atoms with van der Waals surface area (Å²) < 4.78 is 6.84. The number of ether oxygens (including phenoxy) is 1. The molecule has 29 heavy (non-hydrogen) atoms. The minimum Gasteiger partial charge on any atom is -0.426 e. The first kappa shape index (κ1) is 19.1. The van der Waals surface area contributed by atoms with Crippen LogP contribution in [-0.2, 0) is 11.3 Å². The van der Waals surface area contributed by atoms with Crippen molar-refractivity contribution in [1.29, 1.82) is 0 Å². The lowest BCUT2D eigenvalue weighted by Crippen LogP contribution is -2.23. The second-order valence-electron chi connectivity index (χ2n) is 6.98. The maximum absolute atomic E-state index is 13.0. The summed E-state index contributed by atoms with van der Waals surface area (Å²) in [6, 6.07) is 15.4. The van der Waals surface area contributed by atoms with Gasteiger partial charge in [-0.1, -0.05) is 42.0 Å². The van der Waals surface area contributed by atoms with E-state index >= 15 is 0 Å². The summed E-state index contributed by atoms with van der Waals surface area (Å²) in [6.07, 6.45) is 1.59. The van der Waals surface area contributed by atoms with Gasteiger partial charge < -0.3 is 4.74 Å². The maximum atomic E-state index is 13.0. The Hall–Kier alpha value is -3.25. The molecule has 4 aromatic rings. The number of aromatic nitrogens is 2. The van der Waals surface area contributed by atoms with Crippen molar-refractivity contribution in [2.75, 3.05) is 0 Å². The fraction of sp³-hybridized carbons (Fsp3) is 0.174. The van der Waals surface area contributed by atoms with Gasteiger partial charge in [-0.05, 0) is 37.1 Å². The highest BCUT2D eigenvalue weighted by Gasteiger charge is 2.14. The molecule has 146 valence electrons. The van der Waals surface area contributed by atoms with Crippen LogP contribution in [0.4, 0.5) is 0 Å². The molecule has 0 saturated heterocycles. The molecule has 0 bridgehead atoms. The first-order chi connectivity index (χ1) is 14.0. The molecule has 4 rings (SSSR count). The van der Waals surface area contributed by atoms with Gasteiger partial charge in [0, 0.05) is 17.5 Å². The van der Waals surface area contributed by atoms with E-state index in [0.717, 1.165) is 22.3 Å². The van der Waals surface area contributed by atoms with E-state index in [1.807, 2.05) is 55.6 Å². The van der Waals surface area contributed by atoms with Crippen molar-refractivity contribution in [3.63, 3.8) is 0 Å². The molecule has 0 amide bonds. The molecule has 0 saturated carbocycles. The third kappa shape index (κ3) is 4.12. The van der Waals surface area contributed by atoms with Crippen LogP contribution in [0.15, 0.2) is 65.0 Å². The van der Waals surface area contributed by atoms with Crippen molar-refractivity contribution >= 4 is 27.5 Å². The Kier molecular flexibility index (Phi) is 5.27. The van der Waals surface area contributed by atoms with Crippen LogP contribution in [0, 0.1) is 13.8 Å². The number of aryl methyl sites for hydroxylation is 3. The molecule has 0 unspecified atom stereocenters. The summed E-state index contributed by atoms with van der Waals surface area (Å²) in [5.74, 6) is 0.127. The van der Waals surface area contributed by atoms with Crippen LogP contribution in [0.3, 0.4) is 0 Å². The number of fused-ring (bicyclic) bond motifs is 1. The highest BCUT2D eigenvalue weighted by atomic mass is 32.1. The van der Waals surface area contributed by atoms with Crippen LogP contribution >= 0.6 is 11.3 Å². The predicted octanol–water partition coefficient (Wildman–Crippen LogP) is 4.74. The average molecular weight is 404 g/mol. The Morgan fingerprint density at radius 2 is 1.90 bits per heavy atom. The molecule has 5 nitrogen and oxygen atoms in total. The number of hydrogen-bond donors (Lipinski definition) is 0. The van der Waals surface area contributed by atoms with Gasteiger partial charge in [-0.25, -0.2) is 4.98 Å². The third-order valence-electron chi connectivity index (χ3n) is 4.70. The van der Waals surface area contributed by atoms with Gasteiger partial charge in [0.25, 0.3) is 5.56 Å². The smallest absolute Gasteiger partial charge is 0.312 e. The lowest BCUT2D eigenvalue weighted by Gasteiger charge is -2.07. The number of benzene rings is 2. The SMILES string of the molecule is Cc1ccc(-c2csc3ncn(CCC(=O)Oc4cccc(C)c4)c(=O)c23)cc1. The quantitative estimate of drug-likeness (QED) is 0.356. The maximum Gasteiger partial charge on any atom is 0.312 e. The summed E-state index contributed by atoms with van der Waals surface area (Å²) in [6.45, 7) is 4.18. The second-order valence-corrected chi connectivity index (χ2v) is 7.84. The predicted molar refractivity (Wildman–Crippen MR) is 115 cm³/mol. The molecule has 2 aromatic heterocycles. The van der Waals surface area contributed by atoms with E-state index in [1.165, 1.54) is 22.2 Å². The van der Waals surface area contributed by atoms with Gasteiger partial charge in [-0.15, -0.1) is 11.3 Å². The molecule has 0 aliphatic carbocycles. The van der Waals surface area contributed by atoms with Crippen molar-refractivity contribution in [3.05, 3.63) is 81.7 Å². The van der Waals surface area contributed by atoms with Gasteiger partial charge in [0.2, 0.25) is 0 Å². The van der Waals surface area contributed by atoms with E-state index in [4.69, 9.17) is 4.74 Å². The first-order valence-electron chi connectivity index (χ1n) is 9.32. The summed E-state index contributed by atoms with van der Waals surface area (Å²) >= 11 is 1.45. The van der Waals surface area contributed by atoms with Crippen LogP contribution in [0.5, 0.6) is 5.75 Å². The summed E-state index contributed by atoms with van der Waals surface area (Å²) in [4.78, 5) is 30.3. The average Bonchev–Trinajstić information content (AvgIpc) is 3.13. The first-order valence-corrected chi connectivity index (χ1v) is 10.2. The van der Waals surface area contributed by atoms with Crippen LogP contribution in [0.1, 0.15) is 17.5 Å². The van der Waals surface area contributed by atoms with Crippen LogP contribution in [0.25, 0.3) is 21.3 Å². The lowest BCUT2D eigenvalue weighted by atomic mass is 10.1. The Morgan fingerprint density at radius 3 is 2.66 bits per heavy atom. The number of carbonyl (C=O) groups excluding carboxylic acids is 1. The normalized spacial score (nSPS) is 11.0. The Labute approximate surface area is 172 Å². The molecule has 0 aliphatic rings. The van der Waals surface area contributed by atoms with Crippen molar-refractivity contribution in [3.8, 4) is 16.9 Å².